The Bertz CT molecular complexity index is 837. The number of carbonyl (C=O) groups excluding carboxylic acids is 2. The van der Waals surface area contributed by atoms with Crippen molar-refractivity contribution < 1.29 is 18.4 Å². The lowest BCUT2D eigenvalue weighted by molar-refractivity contribution is -0.113. The zero-order valence-corrected chi connectivity index (χ0v) is 12.4. The molecule has 120 valence electrons. The van der Waals surface area contributed by atoms with Gasteiger partial charge in [-0.15, -0.1) is 0 Å². The fourth-order valence-electron chi connectivity index (χ4n) is 1.90. The summed E-state index contributed by atoms with van der Waals surface area (Å²) in [6.07, 6.45) is 7.37. The second-order valence-electron chi connectivity index (χ2n) is 4.69. The molecular weight excluding hydrogens is 310 g/mol. The molecule has 2 N–H and O–H groups in total. The molecule has 0 aromatic carbocycles. The van der Waals surface area contributed by atoms with Crippen LogP contribution in [0.1, 0.15) is 16.3 Å². The number of furan rings is 2. The molecule has 0 unspecified atom stereocenters. The van der Waals surface area contributed by atoms with Gasteiger partial charge in [0.05, 0.1) is 12.5 Å². The van der Waals surface area contributed by atoms with Crippen LogP contribution >= 0.6 is 0 Å². The van der Waals surface area contributed by atoms with Crippen molar-refractivity contribution in [3.63, 3.8) is 0 Å². The minimum absolute atomic E-state index is 0.0168. The van der Waals surface area contributed by atoms with E-state index in [4.69, 9.17) is 8.83 Å². The molecule has 0 bridgehead atoms. The van der Waals surface area contributed by atoms with Crippen molar-refractivity contribution in [2.24, 2.45) is 0 Å². The lowest BCUT2D eigenvalue weighted by Gasteiger charge is -2.09. The standard InChI is InChI=1S/C17H13N3O4/c21-16(19-12-5-7-18-8-6-12)14(11-13-3-1-9-23-13)20-17(22)15-4-2-10-24-15/h1-11H,(H,20,22)(H,18,19,21). The molecule has 3 aromatic heterocycles. The summed E-state index contributed by atoms with van der Waals surface area (Å²) in [5.41, 5.74) is 0.566. The van der Waals surface area contributed by atoms with Crippen LogP contribution in [-0.4, -0.2) is 16.8 Å². The summed E-state index contributed by atoms with van der Waals surface area (Å²) in [5, 5.41) is 5.19. The van der Waals surface area contributed by atoms with Crippen molar-refractivity contribution in [3.05, 3.63) is 78.5 Å². The molecule has 0 fully saturated rings. The van der Waals surface area contributed by atoms with Crippen LogP contribution in [0.4, 0.5) is 5.69 Å². The third-order valence-corrected chi connectivity index (χ3v) is 3.01. The van der Waals surface area contributed by atoms with E-state index in [0.717, 1.165) is 0 Å². The van der Waals surface area contributed by atoms with Gasteiger partial charge in [0, 0.05) is 24.2 Å². The molecule has 0 saturated carbocycles. The van der Waals surface area contributed by atoms with E-state index < -0.39 is 11.8 Å². The molecule has 24 heavy (non-hydrogen) atoms. The predicted molar refractivity (Wildman–Crippen MR) is 85.7 cm³/mol. The summed E-state index contributed by atoms with van der Waals surface area (Å²) in [5.74, 6) is -0.521. The number of hydrogen-bond donors (Lipinski definition) is 2. The number of rotatable bonds is 5. The van der Waals surface area contributed by atoms with Crippen molar-refractivity contribution in [1.82, 2.24) is 10.3 Å². The number of pyridine rings is 1. The van der Waals surface area contributed by atoms with Gasteiger partial charge < -0.3 is 19.5 Å². The highest BCUT2D eigenvalue weighted by Gasteiger charge is 2.17. The third kappa shape index (κ3) is 3.77. The summed E-state index contributed by atoms with van der Waals surface area (Å²) < 4.78 is 10.2. The van der Waals surface area contributed by atoms with Crippen molar-refractivity contribution in [1.29, 1.82) is 0 Å². The van der Waals surface area contributed by atoms with Crippen LogP contribution in [0, 0.1) is 0 Å². The van der Waals surface area contributed by atoms with E-state index in [1.54, 1.807) is 42.7 Å². The molecule has 0 radical (unpaired) electrons. The maximum atomic E-state index is 12.5. The third-order valence-electron chi connectivity index (χ3n) is 3.01. The van der Waals surface area contributed by atoms with Crippen LogP contribution in [-0.2, 0) is 4.79 Å². The highest BCUT2D eigenvalue weighted by atomic mass is 16.3. The number of hydrogen-bond acceptors (Lipinski definition) is 5. The first kappa shape index (κ1) is 15.3. The largest absolute Gasteiger partial charge is 0.465 e. The topological polar surface area (TPSA) is 97.4 Å². The van der Waals surface area contributed by atoms with Crippen molar-refractivity contribution in [3.8, 4) is 0 Å². The maximum absolute atomic E-state index is 12.5. The minimum atomic E-state index is -0.539. The second kappa shape index (κ2) is 7.10. The van der Waals surface area contributed by atoms with Crippen LogP contribution in [0.15, 0.2) is 75.8 Å². The van der Waals surface area contributed by atoms with Gasteiger partial charge in [0.25, 0.3) is 11.8 Å². The van der Waals surface area contributed by atoms with Gasteiger partial charge in [0.2, 0.25) is 0 Å². The lowest BCUT2D eigenvalue weighted by Crippen LogP contribution is -2.30. The number of nitrogens with zero attached hydrogens (tertiary/aromatic N) is 1. The quantitative estimate of drug-likeness (QED) is 0.704. The molecule has 3 rings (SSSR count). The summed E-state index contributed by atoms with van der Waals surface area (Å²) in [7, 11) is 0. The number of anilines is 1. The van der Waals surface area contributed by atoms with E-state index in [9.17, 15) is 9.59 Å². The van der Waals surface area contributed by atoms with E-state index >= 15 is 0 Å². The van der Waals surface area contributed by atoms with Gasteiger partial charge in [-0.2, -0.15) is 0 Å². The van der Waals surface area contributed by atoms with E-state index in [2.05, 4.69) is 15.6 Å². The van der Waals surface area contributed by atoms with Gasteiger partial charge in [0.1, 0.15) is 11.5 Å². The number of amides is 2. The second-order valence-corrected chi connectivity index (χ2v) is 4.69. The average molecular weight is 323 g/mol. The number of nitrogens with one attached hydrogen (secondary N) is 2. The molecule has 3 heterocycles. The normalized spacial score (nSPS) is 11.1. The lowest BCUT2D eigenvalue weighted by atomic mass is 10.3. The van der Waals surface area contributed by atoms with Gasteiger partial charge in [-0.05, 0) is 36.4 Å². The Morgan fingerprint density at radius 2 is 1.75 bits per heavy atom. The first-order valence-electron chi connectivity index (χ1n) is 7.04. The highest BCUT2D eigenvalue weighted by molar-refractivity contribution is 6.10. The molecule has 7 heteroatoms. The average Bonchev–Trinajstić information content (AvgIpc) is 3.29. The highest BCUT2D eigenvalue weighted by Crippen LogP contribution is 2.11. The molecule has 0 aliphatic rings. The van der Waals surface area contributed by atoms with Crippen LogP contribution in [0.3, 0.4) is 0 Å². The predicted octanol–water partition coefficient (Wildman–Crippen LogP) is 2.68. The van der Waals surface area contributed by atoms with E-state index in [0.29, 0.717) is 11.4 Å². The Labute approximate surface area is 137 Å². The summed E-state index contributed by atoms with van der Waals surface area (Å²) in [6, 6.07) is 9.70. The summed E-state index contributed by atoms with van der Waals surface area (Å²) in [6.45, 7) is 0. The van der Waals surface area contributed by atoms with Crippen LogP contribution in [0.5, 0.6) is 0 Å². The Hall–Kier alpha value is -3.61. The van der Waals surface area contributed by atoms with Crippen molar-refractivity contribution >= 4 is 23.6 Å². The number of carbonyl (C=O) groups is 2. The first-order chi connectivity index (χ1) is 11.7. The van der Waals surface area contributed by atoms with Crippen LogP contribution < -0.4 is 10.6 Å². The molecule has 0 saturated heterocycles. The molecule has 0 aliphatic carbocycles. The molecule has 0 atom stereocenters. The smallest absolute Gasteiger partial charge is 0.291 e. The monoisotopic (exact) mass is 323 g/mol. The fraction of sp³-hybridized carbons (Fsp3) is 0. The van der Waals surface area contributed by atoms with Gasteiger partial charge in [-0.1, -0.05) is 0 Å². The first-order valence-corrected chi connectivity index (χ1v) is 7.04. The Morgan fingerprint density at radius 3 is 2.42 bits per heavy atom. The molecule has 0 aliphatic heterocycles. The maximum Gasteiger partial charge on any atom is 0.291 e. The van der Waals surface area contributed by atoms with Crippen LogP contribution in [0.25, 0.3) is 6.08 Å². The zero-order valence-electron chi connectivity index (χ0n) is 12.4. The van der Waals surface area contributed by atoms with Gasteiger partial charge in [-0.25, -0.2) is 0 Å². The molecule has 3 aromatic rings. The molecule has 2 amide bonds. The Balaban J connectivity index is 1.82. The zero-order chi connectivity index (χ0) is 16.8. The Kier molecular flexibility index (Phi) is 4.52. The van der Waals surface area contributed by atoms with E-state index in [1.165, 1.54) is 24.7 Å². The van der Waals surface area contributed by atoms with Crippen molar-refractivity contribution in [2.75, 3.05) is 5.32 Å². The van der Waals surface area contributed by atoms with Crippen LogP contribution in [0.2, 0.25) is 0 Å². The SMILES string of the molecule is O=C(Nc1ccncc1)C(=Cc1ccco1)NC(=O)c1ccco1. The fourth-order valence-corrected chi connectivity index (χ4v) is 1.90. The molecular formula is C17H13N3O4. The summed E-state index contributed by atoms with van der Waals surface area (Å²) in [4.78, 5) is 28.5. The van der Waals surface area contributed by atoms with Gasteiger partial charge in [0.15, 0.2) is 5.76 Å². The Morgan fingerprint density at radius 1 is 1.00 bits per heavy atom. The summed E-state index contributed by atoms with van der Waals surface area (Å²) >= 11 is 0. The van der Waals surface area contributed by atoms with E-state index in [-0.39, 0.29) is 11.5 Å². The van der Waals surface area contributed by atoms with Gasteiger partial charge in [-0.3, -0.25) is 14.6 Å². The van der Waals surface area contributed by atoms with E-state index in [1.807, 2.05) is 0 Å². The number of aromatic nitrogens is 1. The van der Waals surface area contributed by atoms with Gasteiger partial charge >= 0.3 is 0 Å². The minimum Gasteiger partial charge on any atom is -0.465 e. The van der Waals surface area contributed by atoms with Crippen molar-refractivity contribution in [2.45, 2.75) is 0 Å². The molecule has 7 nitrogen and oxygen atoms in total. The molecule has 0 spiro atoms.